The van der Waals surface area contributed by atoms with Gasteiger partial charge in [0.15, 0.2) is 11.5 Å². The van der Waals surface area contributed by atoms with Gasteiger partial charge in [0.1, 0.15) is 6.61 Å². The molecule has 0 aliphatic heterocycles. The highest BCUT2D eigenvalue weighted by Crippen LogP contribution is 2.32. The molecule has 0 radical (unpaired) electrons. The van der Waals surface area contributed by atoms with Crippen LogP contribution in [-0.2, 0) is 6.61 Å². The Morgan fingerprint density at radius 3 is 2.48 bits per heavy atom. The molecule has 0 amide bonds. The molecule has 3 nitrogen and oxygen atoms in total. The molecule has 2 aromatic rings. The van der Waals surface area contributed by atoms with E-state index in [0.717, 1.165) is 23.5 Å². The number of hydrogen-bond donors (Lipinski definition) is 1. The van der Waals surface area contributed by atoms with Gasteiger partial charge in [-0.3, -0.25) is 0 Å². The van der Waals surface area contributed by atoms with E-state index < -0.39 is 0 Å². The summed E-state index contributed by atoms with van der Waals surface area (Å²) in [5, 5.41) is 0. The Bertz CT molecular complexity index is 554. The third kappa shape index (κ3) is 4.23. The summed E-state index contributed by atoms with van der Waals surface area (Å²) in [5.41, 5.74) is 7.99. The van der Waals surface area contributed by atoms with Gasteiger partial charge in [-0.2, -0.15) is 0 Å². The maximum atomic E-state index is 5.86. The molecule has 2 aromatic carbocycles. The van der Waals surface area contributed by atoms with Gasteiger partial charge in [0.2, 0.25) is 0 Å². The summed E-state index contributed by atoms with van der Waals surface area (Å²) in [5.74, 6) is 1.96. The molecular formula is C18H23NO2. The Balaban J connectivity index is 2.09. The van der Waals surface area contributed by atoms with Crippen LogP contribution in [0.25, 0.3) is 0 Å². The molecule has 1 atom stereocenters. The lowest BCUT2D eigenvalue weighted by molar-refractivity contribution is 0.284. The highest BCUT2D eigenvalue weighted by Gasteiger charge is 2.10. The second-order valence-electron chi connectivity index (χ2n) is 5.16. The standard InChI is InChI=1S/C18H23NO2/c1-14(10-11-19)16-8-9-17(18(12-16)20-2)21-13-15-6-4-3-5-7-15/h3-9,12,14H,10-11,13,19H2,1-2H3. The Labute approximate surface area is 126 Å². The summed E-state index contributed by atoms with van der Waals surface area (Å²) in [6, 6.07) is 16.2. The highest BCUT2D eigenvalue weighted by atomic mass is 16.5. The van der Waals surface area contributed by atoms with Gasteiger partial charge in [-0.25, -0.2) is 0 Å². The average molecular weight is 285 g/mol. The number of hydrogen-bond acceptors (Lipinski definition) is 3. The second-order valence-corrected chi connectivity index (χ2v) is 5.16. The summed E-state index contributed by atoms with van der Waals surface area (Å²) in [7, 11) is 1.67. The molecule has 21 heavy (non-hydrogen) atoms. The van der Waals surface area contributed by atoms with Crippen LogP contribution in [0.4, 0.5) is 0 Å². The van der Waals surface area contributed by atoms with Gasteiger partial charge in [0.25, 0.3) is 0 Å². The number of ether oxygens (including phenoxy) is 2. The van der Waals surface area contributed by atoms with Gasteiger partial charge in [-0.15, -0.1) is 0 Å². The van der Waals surface area contributed by atoms with Gasteiger partial charge in [0.05, 0.1) is 7.11 Å². The molecule has 2 N–H and O–H groups in total. The normalized spacial score (nSPS) is 12.0. The molecule has 0 fully saturated rings. The van der Waals surface area contributed by atoms with Crippen LogP contribution in [0.15, 0.2) is 48.5 Å². The van der Waals surface area contributed by atoms with Crippen LogP contribution in [0.5, 0.6) is 11.5 Å². The van der Waals surface area contributed by atoms with E-state index in [1.807, 2.05) is 42.5 Å². The number of benzene rings is 2. The first-order chi connectivity index (χ1) is 10.2. The fourth-order valence-electron chi connectivity index (χ4n) is 2.26. The van der Waals surface area contributed by atoms with E-state index >= 15 is 0 Å². The Hall–Kier alpha value is -2.00. The fourth-order valence-corrected chi connectivity index (χ4v) is 2.26. The molecular weight excluding hydrogens is 262 g/mol. The van der Waals surface area contributed by atoms with E-state index in [9.17, 15) is 0 Å². The zero-order valence-corrected chi connectivity index (χ0v) is 12.7. The Morgan fingerprint density at radius 1 is 1.05 bits per heavy atom. The van der Waals surface area contributed by atoms with Crippen molar-refractivity contribution in [1.29, 1.82) is 0 Å². The maximum absolute atomic E-state index is 5.86. The molecule has 0 spiro atoms. The predicted octanol–water partition coefficient (Wildman–Crippen LogP) is 3.73. The second kappa shape index (κ2) is 7.70. The van der Waals surface area contributed by atoms with E-state index in [2.05, 4.69) is 13.0 Å². The molecule has 0 aliphatic carbocycles. The van der Waals surface area contributed by atoms with Crippen LogP contribution in [0.2, 0.25) is 0 Å². The summed E-state index contributed by atoms with van der Waals surface area (Å²) < 4.78 is 11.3. The molecule has 1 unspecified atom stereocenters. The number of nitrogens with two attached hydrogens (primary N) is 1. The van der Waals surface area contributed by atoms with Crippen molar-refractivity contribution in [2.75, 3.05) is 13.7 Å². The molecule has 112 valence electrons. The van der Waals surface area contributed by atoms with Crippen molar-refractivity contribution in [2.24, 2.45) is 5.73 Å². The summed E-state index contributed by atoms with van der Waals surface area (Å²) in [4.78, 5) is 0. The Morgan fingerprint density at radius 2 is 1.81 bits per heavy atom. The van der Waals surface area contributed by atoms with Crippen molar-refractivity contribution < 1.29 is 9.47 Å². The van der Waals surface area contributed by atoms with Gasteiger partial charge >= 0.3 is 0 Å². The first kappa shape index (κ1) is 15.4. The van der Waals surface area contributed by atoms with Crippen LogP contribution in [0.3, 0.4) is 0 Å². The van der Waals surface area contributed by atoms with Crippen LogP contribution in [0.1, 0.15) is 30.4 Å². The van der Waals surface area contributed by atoms with Crippen LogP contribution >= 0.6 is 0 Å². The van der Waals surface area contributed by atoms with E-state index in [0.29, 0.717) is 19.1 Å². The van der Waals surface area contributed by atoms with Crippen molar-refractivity contribution in [2.45, 2.75) is 25.9 Å². The number of rotatable bonds is 7. The van der Waals surface area contributed by atoms with E-state index in [4.69, 9.17) is 15.2 Å². The van der Waals surface area contributed by atoms with Gasteiger partial charge < -0.3 is 15.2 Å². The fraction of sp³-hybridized carbons (Fsp3) is 0.333. The minimum atomic E-state index is 0.423. The molecule has 3 heteroatoms. The third-order valence-corrected chi connectivity index (χ3v) is 3.59. The Kier molecular flexibility index (Phi) is 5.64. The lowest BCUT2D eigenvalue weighted by atomic mass is 9.97. The molecule has 0 bridgehead atoms. The van der Waals surface area contributed by atoms with Gasteiger partial charge in [0, 0.05) is 0 Å². The van der Waals surface area contributed by atoms with Crippen molar-refractivity contribution in [1.82, 2.24) is 0 Å². The molecule has 2 rings (SSSR count). The monoisotopic (exact) mass is 285 g/mol. The lowest BCUT2D eigenvalue weighted by Gasteiger charge is -2.15. The molecule has 0 saturated carbocycles. The first-order valence-electron chi connectivity index (χ1n) is 7.29. The molecule has 0 aliphatic rings. The molecule has 0 aromatic heterocycles. The van der Waals surface area contributed by atoms with E-state index in [1.165, 1.54) is 5.56 Å². The van der Waals surface area contributed by atoms with Crippen LogP contribution < -0.4 is 15.2 Å². The smallest absolute Gasteiger partial charge is 0.161 e. The molecule has 0 saturated heterocycles. The number of methoxy groups -OCH3 is 1. The van der Waals surface area contributed by atoms with Crippen molar-refractivity contribution >= 4 is 0 Å². The van der Waals surface area contributed by atoms with Crippen molar-refractivity contribution in [3.63, 3.8) is 0 Å². The first-order valence-corrected chi connectivity index (χ1v) is 7.29. The largest absolute Gasteiger partial charge is 0.493 e. The van der Waals surface area contributed by atoms with Crippen LogP contribution in [-0.4, -0.2) is 13.7 Å². The lowest BCUT2D eigenvalue weighted by Crippen LogP contribution is -2.05. The SMILES string of the molecule is COc1cc(C(C)CCN)ccc1OCc1ccccc1. The topological polar surface area (TPSA) is 44.5 Å². The van der Waals surface area contributed by atoms with Gasteiger partial charge in [-0.1, -0.05) is 43.3 Å². The third-order valence-electron chi connectivity index (χ3n) is 3.59. The summed E-state index contributed by atoms with van der Waals surface area (Å²) >= 11 is 0. The van der Waals surface area contributed by atoms with Crippen molar-refractivity contribution in [3.05, 3.63) is 59.7 Å². The summed E-state index contributed by atoms with van der Waals surface area (Å²) in [6.07, 6.45) is 0.966. The maximum Gasteiger partial charge on any atom is 0.161 e. The minimum Gasteiger partial charge on any atom is -0.493 e. The highest BCUT2D eigenvalue weighted by molar-refractivity contribution is 5.44. The summed E-state index contributed by atoms with van der Waals surface area (Å²) in [6.45, 7) is 3.40. The predicted molar refractivity (Wildman–Crippen MR) is 85.9 cm³/mol. The van der Waals surface area contributed by atoms with E-state index in [1.54, 1.807) is 7.11 Å². The van der Waals surface area contributed by atoms with Gasteiger partial charge in [-0.05, 0) is 42.1 Å². The quantitative estimate of drug-likeness (QED) is 0.843. The minimum absolute atomic E-state index is 0.423. The molecule has 0 heterocycles. The van der Waals surface area contributed by atoms with E-state index in [-0.39, 0.29) is 0 Å². The average Bonchev–Trinajstić information content (AvgIpc) is 2.54. The van der Waals surface area contributed by atoms with Crippen molar-refractivity contribution in [3.8, 4) is 11.5 Å². The zero-order chi connectivity index (χ0) is 15.1. The van der Waals surface area contributed by atoms with Crippen LogP contribution in [0, 0.1) is 0 Å². The zero-order valence-electron chi connectivity index (χ0n) is 12.7.